The highest BCUT2D eigenvalue weighted by Gasteiger charge is 2.36. The van der Waals surface area contributed by atoms with Crippen molar-refractivity contribution in [2.45, 2.75) is 53.6 Å². The summed E-state index contributed by atoms with van der Waals surface area (Å²) in [7, 11) is -1.95. The van der Waals surface area contributed by atoms with Gasteiger partial charge in [0.2, 0.25) is 0 Å². The van der Waals surface area contributed by atoms with Crippen molar-refractivity contribution in [3.8, 4) is 44.5 Å². The number of fused-ring (bicyclic) bond motifs is 2. The maximum absolute atomic E-state index is 2.58. The normalized spacial score (nSPS) is 13.6. The summed E-state index contributed by atoms with van der Waals surface area (Å²) >= 11 is 0. The predicted octanol–water partition coefficient (Wildman–Crippen LogP) is 13.0. The highest BCUT2D eigenvalue weighted by molar-refractivity contribution is 6.92. The minimum Gasteiger partial charge on any atom is -0.0714 e. The first-order valence-corrected chi connectivity index (χ1v) is 20.7. The van der Waals surface area contributed by atoms with E-state index in [4.69, 9.17) is 0 Å². The number of benzene rings is 6. The van der Waals surface area contributed by atoms with Crippen LogP contribution in [0.15, 0.2) is 132 Å². The molecule has 0 nitrogen and oxygen atoms in total. The van der Waals surface area contributed by atoms with Crippen LogP contribution >= 0.6 is 0 Å². The fourth-order valence-electron chi connectivity index (χ4n) is 8.57. The summed E-state index contributed by atoms with van der Waals surface area (Å²) in [6.07, 6.45) is 7.26. The fraction of sp³-hybridized carbons (Fsp3) is 0.167. The van der Waals surface area contributed by atoms with Gasteiger partial charge in [0.15, 0.2) is 0 Å². The molecule has 0 unspecified atom stereocenters. The molecule has 0 N–H and O–H groups in total. The quantitative estimate of drug-likeness (QED) is 0.158. The molecule has 0 saturated heterocycles. The summed E-state index contributed by atoms with van der Waals surface area (Å²) in [5, 5.41) is 3.27. The minimum absolute atomic E-state index is 1.05. The zero-order valence-corrected chi connectivity index (χ0v) is 30.6. The SMILES string of the molecule is Cc1cccc(C)c1-c1ccccc1-c1cccc2c1C=C([Si](C)(C)C1=Cc3c(cccc3-c3ccccc3-c3c(C)cccc3C)C1)C2. The second-order valence-corrected chi connectivity index (χ2v) is 19.2. The Bertz CT molecular complexity index is 2140. The molecule has 1 heteroatoms. The van der Waals surface area contributed by atoms with Gasteiger partial charge in [0, 0.05) is 0 Å². The van der Waals surface area contributed by atoms with E-state index in [9.17, 15) is 0 Å². The third-order valence-electron chi connectivity index (χ3n) is 11.3. The van der Waals surface area contributed by atoms with Crippen LogP contribution in [0.25, 0.3) is 56.7 Å². The van der Waals surface area contributed by atoms with E-state index in [-0.39, 0.29) is 0 Å². The van der Waals surface area contributed by atoms with E-state index in [0.29, 0.717) is 0 Å². The molecule has 0 aliphatic heterocycles. The first kappa shape index (κ1) is 31.3. The standard InChI is InChI=1S/C48H44Si/c1-31-15-11-16-32(2)47(31)43-23-9-7-21-39(43)41-25-13-19-35-27-37(29-45(35)41)49(5,6)38-28-36-20-14-26-42(46(36)30-38)40-22-8-10-24-44(40)48-33(3)17-12-18-34(48)4/h7-26,29-30H,27-28H2,1-6H3. The topological polar surface area (TPSA) is 0 Å². The molecule has 6 aromatic rings. The van der Waals surface area contributed by atoms with Gasteiger partial charge in [-0.05, 0) is 130 Å². The van der Waals surface area contributed by atoms with E-state index in [1.54, 1.807) is 10.4 Å². The highest BCUT2D eigenvalue weighted by Crippen LogP contribution is 2.46. The molecular weight excluding hydrogens is 605 g/mol. The number of aryl methyl sites for hydroxylation is 4. The van der Waals surface area contributed by atoms with Gasteiger partial charge in [0.25, 0.3) is 0 Å². The van der Waals surface area contributed by atoms with E-state index < -0.39 is 8.07 Å². The monoisotopic (exact) mass is 648 g/mol. The molecular formula is C48H44Si. The van der Waals surface area contributed by atoms with E-state index in [1.165, 1.54) is 89.0 Å². The van der Waals surface area contributed by atoms with Crippen molar-refractivity contribution in [3.63, 3.8) is 0 Å². The van der Waals surface area contributed by atoms with Crippen molar-refractivity contribution in [2.24, 2.45) is 0 Å². The van der Waals surface area contributed by atoms with Crippen LogP contribution in [0.2, 0.25) is 13.1 Å². The second-order valence-electron chi connectivity index (χ2n) is 14.7. The second kappa shape index (κ2) is 12.2. The molecule has 6 aromatic carbocycles. The van der Waals surface area contributed by atoms with Gasteiger partial charge in [0.05, 0.1) is 0 Å². The molecule has 0 radical (unpaired) electrons. The molecule has 0 bridgehead atoms. The summed E-state index contributed by atoms with van der Waals surface area (Å²) in [4.78, 5) is 0. The van der Waals surface area contributed by atoms with E-state index in [1.807, 2.05) is 0 Å². The van der Waals surface area contributed by atoms with Crippen LogP contribution in [-0.2, 0) is 12.8 Å². The molecule has 0 aromatic heterocycles. The van der Waals surface area contributed by atoms with Gasteiger partial charge in [-0.15, -0.1) is 0 Å². The fourth-order valence-corrected chi connectivity index (χ4v) is 11.3. The zero-order valence-electron chi connectivity index (χ0n) is 29.6. The zero-order chi connectivity index (χ0) is 33.9. The average Bonchev–Trinajstić information content (AvgIpc) is 3.75. The summed E-state index contributed by atoms with van der Waals surface area (Å²) in [6, 6.07) is 45.2. The molecule has 0 atom stereocenters. The molecule has 0 heterocycles. The lowest BCUT2D eigenvalue weighted by Gasteiger charge is -2.26. The Morgan fingerprint density at radius 2 is 0.694 bits per heavy atom. The first-order chi connectivity index (χ1) is 23.7. The molecule has 49 heavy (non-hydrogen) atoms. The molecule has 0 saturated carbocycles. The van der Waals surface area contributed by atoms with Gasteiger partial charge in [-0.25, -0.2) is 0 Å². The van der Waals surface area contributed by atoms with E-state index >= 15 is 0 Å². The lowest BCUT2D eigenvalue weighted by molar-refractivity contribution is 1.22. The molecule has 2 aliphatic rings. The summed E-state index contributed by atoms with van der Waals surface area (Å²) in [6.45, 7) is 14.1. The average molecular weight is 649 g/mol. The number of rotatable bonds is 6. The third kappa shape index (κ3) is 5.29. The Balaban J connectivity index is 1.19. The lowest BCUT2D eigenvalue weighted by atomic mass is 9.87. The van der Waals surface area contributed by atoms with Crippen molar-refractivity contribution in [3.05, 3.63) is 176 Å². The van der Waals surface area contributed by atoms with Crippen molar-refractivity contribution >= 4 is 20.2 Å². The maximum atomic E-state index is 2.58. The number of hydrogen-bond donors (Lipinski definition) is 0. The Morgan fingerprint density at radius 1 is 0.367 bits per heavy atom. The Morgan fingerprint density at radius 3 is 1.08 bits per heavy atom. The van der Waals surface area contributed by atoms with Gasteiger partial charge < -0.3 is 0 Å². The number of allylic oxidation sites excluding steroid dienone is 2. The van der Waals surface area contributed by atoms with Crippen LogP contribution in [0, 0.1) is 27.7 Å². The smallest absolute Gasteiger partial charge is 0.0714 e. The molecule has 0 amide bonds. The van der Waals surface area contributed by atoms with Crippen LogP contribution in [-0.4, -0.2) is 8.07 Å². The third-order valence-corrected chi connectivity index (χ3v) is 15.2. The largest absolute Gasteiger partial charge is 0.103 e. The Hall–Kier alpha value is -4.98. The van der Waals surface area contributed by atoms with Gasteiger partial charge in [-0.3, -0.25) is 0 Å². The van der Waals surface area contributed by atoms with Gasteiger partial charge in [0.1, 0.15) is 8.07 Å². The highest BCUT2D eigenvalue weighted by atomic mass is 28.3. The number of hydrogen-bond acceptors (Lipinski definition) is 0. The Kier molecular flexibility index (Phi) is 7.77. The molecule has 240 valence electrons. The molecule has 0 spiro atoms. The summed E-state index contributed by atoms with van der Waals surface area (Å²) < 4.78 is 0. The van der Waals surface area contributed by atoms with Crippen molar-refractivity contribution in [1.29, 1.82) is 0 Å². The summed E-state index contributed by atoms with van der Waals surface area (Å²) in [5.41, 5.74) is 21.8. The van der Waals surface area contributed by atoms with Crippen LogP contribution in [0.3, 0.4) is 0 Å². The maximum Gasteiger partial charge on any atom is 0.103 e. The molecule has 2 aliphatic carbocycles. The van der Waals surface area contributed by atoms with Crippen LogP contribution in [0.1, 0.15) is 44.5 Å². The first-order valence-electron chi connectivity index (χ1n) is 17.7. The van der Waals surface area contributed by atoms with Crippen LogP contribution < -0.4 is 0 Å². The summed E-state index contributed by atoms with van der Waals surface area (Å²) in [5.74, 6) is 0. The predicted molar refractivity (Wildman–Crippen MR) is 214 cm³/mol. The van der Waals surface area contributed by atoms with Crippen molar-refractivity contribution in [1.82, 2.24) is 0 Å². The van der Waals surface area contributed by atoms with E-state index in [0.717, 1.165) is 12.8 Å². The molecule has 8 rings (SSSR count). The van der Waals surface area contributed by atoms with Crippen LogP contribution in [0.5, 0.6) is 0 Å². The van der Waals surface area contributed by atoms with Gasteiger partial charge in [-0.1, -0.05) is 157 Å². The van der Waals surface area contributed by atoms with Crippen molar-refractivity contribution in [2.75, 3.05) is 0 Å². The minimum atomic E-state index is -1.95. The lowest BCUT2D eigenvalue weighted by Crippen LogP contribution is -2.32. The van der Waals surface area contributed by atoms with Crippen LogP contribution in [0.4, 0.5) is 0 Å². The molecule has 0 fully saturated rings. The van der Waals surface area contributed by atoms with Gasteiger partial charge >= 0.3 is 0 Å². The van der Waals surface area contributed by atoms with E-state index in [2.05, 4.69) is 174 Å². The van der Waals surface area contributed by atoms with Crippen molar-refractivity contribution < 1.29 is 0 Å². The van der Waals surface area contributed by atoms with Gasteiger partial charge in [-0.2, -0.15) is 0 Å². The Labute approximate surface area is 293 Å².